The molecule has 3 heterocycles. The van der Waals surface area contributed by atoms with Gasteiger partial charge in [-0.1, -0.05) is 0 Å². The van der Waals surface area contributed by atoms with Crippen molar-refractivity contribution >= 4 is 17.4 Å². The Morgan fingerprint density at radius 1 is 1.30 bits per heavy atom. The van der Waals surface area contributed by atoms with Crippen LogP contribution in [0.5, 0.6) is 0 Å². The van der Waals surface area contributed by atoms with Crippen LogP contribution in [0.15, 0.2) is 24.3 Å². The van der Waals surface area contributed by atoms with Crippen molar-refractivity contribution in [3.05, 3.63) is 35.5 Å². The summed E-state index contributed by atoms with van der Waals surface area (Å²) in [6.45, 7) is 7.69. The van der Waals surface area contributed by atoms with Gasteiger partial charge in [-0.25, -0.2) is 9.97 Å². The van der Waals surface area contributed by atoms with Crippen LogP contribution in [0.4, 0.5) is 11.5 Å². The van der Waals surface area contributed by atoms with E-state index in [0.717, 1.165) is 67.9 Å². The van der Waals surface area contributed by atoms with Crippen LogP contribution in [0.25, 0.3) is 11.4 Å². The first-order chi connectivity index (χ1) is 13.1. The molecule has 1 fully saturated rings. The van der Waals surface area contributed by atoms with Crippen molar-refractivity contribution in [2.75, 3.05) is 36.5 Å². The highest BCUT2D eigenvalue weighted by Crippen LogP contribution is 2.30. The highest BCUT2D eigenvalue weighted by atomic mass is 16.5. The van der Waals surface area contributed by atoms with E-state index in [1.807, 2.05) is 24.3 Å². The van der Waals surface area contributed by atoms with Crippen LogP contribution < -0.4 is 15.5 Å². The number of hydrogen-bond donors (Lipinski definition) is 2. The molecule has 0 bridgehead atoms. The van der Waals surface area contributed by atoms with Gasteiger partial charge < -0.3 is 20.3 Å². The molecule has 27 heavy (non-hydrogen) atoms. The average Bonchev–Trinajstić information content (AvgIpc) is 2.68. The van der Waals surface area contributed by atoms with E-state index in [9.17, 15) is 4.79 Å². The number of rotatable bonds is 3. The fraction of sp³-hybridized carbons (Fsp3) is 0.450. The number of benzene rings is 1. The Morgan fingerprint density at radius 3 is 2.85 bits per heavy atom. The first kappa shape index (κ1) is 17.9. The highest BCUT2D eigenvalue weighted by Gasteiger charge is 2.26. The number of carbonyl (C=O) groups is 1. The number of hydrogen-bond acceptors (Lipinski definition) is 6. The minimum Gasteiger partial charge on any atom is -0.377 e. The molecule has 1 unspecified atom stereocenters. The van der Waals surface area contributed by atoms with E-state index in [2.05, 4.69) is 22.5 Å². The van der Waals surface area contributed by atoms with E-state index in [4.69, 9.17) is 14.7 Å². The van der Waals surface area contributed by atoms with Gasteiger partial charge in [-0.3, -0.25) is 4.79 Å². The lowest BCUT2D eigenvalue weighted by molar-refractivity contribution is -0.114. The molecule has 142 valence electrons. The molecule has 2 N–H and O–H groups in total. The number of morpholine rings is 1. The van der Waals surface area contributed by atoms with E-state index in [0.29, 0.717) is 6.04 Å². The molecule has 2 aliphatic heterocycles. The Balaban J connectivity index is 1.73. The maximum Gasteiger partial charge on any atom is 0.221 e. The van der Waals surface area contributed by atoms with Gasteiger partial charge in [0.05, 0.1) is 24.9 Å². The smallest absolute Gasteiger partial charge is 0.221 e. The fourth-order valence-electron chi connectivity index (χ4n) is 3.65. The highest BCUT2D eigenvalue weighted by molar-refractivity contribution is 5.88. The van der Waals surface area contributed by atoms with Crippen molar-refractivity contribution in [1.82, 2.24) is 15.3 Å². The summed E-state index contributed by atoms with van der Waals surface area (Å²) in [4.78, 5) is 23.4. The Bertz CT molecular complexity index is 837. The molecule has 7 heteroatoms. The summed E-state index contributed by atoms with van der Waals surface area (Å²) in [5.41, 5.74) is 4.04. The number of anilines is 2. The molecule has 1 aromatic heterocycles. The topological polar surface area (TPSA) is 79.4 Å². The zero-order valence-corrected chi connectivity index (χ0v) is 15.8. The first-order valence-corrected chi connectivity index (χ1v) is 9.45. The maximum absolute atomic E-state index is 11.2. The molecule has 1 amide bonds. The minimum atomic E-state index is -0.0811. The largest absolute Gasteiger partial charge is 0.377 e. The fourth-order valence-corrected chi connectivity index (χ4v) is 3.65. The van der Waals surface area contributed by atoms with Gasteiger partial charge in [-0.2, -0.15) is 0 Å². The quantitative estimate of drug-likeness (QED) is 0.864. The van der Waals surface area contributed by atoms with Crippen LogP contribution in [0.1, 0.15) is 25.1 Å². The summed E-state index contributed by atoms with van der Waals surface area (Å²) in [6, 6.07) is 7.97. The Labute approximate surface area is 159 Å². The summed E-state index contributed by atoms with van der Waals surface area (Å²) in [6.07, 6.45) is 0.941. The lowest BCUT2D eigenvalue weighted by atomic mass is 10.0. The maximum atomic E-state index is 11.2. The molecule has 0 spiro atoms. The summed E-state index contributed by atoms with van der Waals surface area (Å²) < 4.78 is 5.61. The van der Waals surface area contributed by atoms with Crippen molar-refractivity contribution in [3.63, 3.8) is 0 Å². The van der Waals surface area contributed by atoms with Crippen LogP contribution in [0.2, 0.25) is 0 Å². The normalized spacial score (nSPS) is 19.5. The third kappa shape index (κ3) is 3.79. The number of aromatic nitrogens is 2. The van der Waals surface area contributed by atoms with Gasteiger partial charge in [0.1, 0.15) is 5.82 Å². The third-order valence-corrected chi connectivity index (χ3v) is 5.02. The van der Waals surface area contributed by atoms with Crippen molar-refractivity contribution in [1.29, 1.82) is 0 Å². The van der Waals surface area contributed by atoms with E-state index >= 15 is 0 Å². The Morgan fingerprint density at radius 2 is 2.11 bits per heavy atom. The van der Waals surface area contributed by atoms with Crippen molar-refractivity contribution in [2.24, 2.45) is 0 Å². The monoisotopic (exact) mass is 367 g/mol. The molecule has 0 radical (unpaired) electrons. The third-order valence-electron chi connectivity index (χ3n) is 5.02. The molecule has 2 aliphatic rings. The SMILES string of the molecule is CC(=O)Nc1ccc(-c2nc3c(c(N4CCOCC4C)n2)CCNC3)cc1. The zero-order chi connectivity index (χ0) is 18.8. The minimum absolute atomic E-state index is 0.0811. The molecule has 0 saturated carbocycles. The van der Waals surface area contributed by atoms with E-state index < -0.39 is 0 Å². The second kappa shape index (κ2) is 7.62. The first-order valence-electron chi connectivity index (χ1n) is 9.45. The lowest BCUT2D eigenvalue weighted by Crippen LogP contribution is -2.45. The molecule has 1 aromatic carbocycles. The Hall–Kier alpha value is -2.51. The van der Waals surface area contributed by atoms with Gasteiger partial charge in [-0.15, -0.1) is 0 Å². The van der Waals surface area contributed by atoms with Crippen molar-refractivity contribution < 1.29 is 9.53 Å². The number of nitrogens with one attached hydrogen (secondary N) is 2. The average molecular weight is 367 g/mol. The molecule has 1 saturated heterocycles. The van der Waals surface area contributed by atoms with Crippen LogP contribution in [0.3, 0.4) is 0 Å². The van der Waals surface area contributed by atoms with Gasteiger partial charge in [0.25, 0.3) is 0 Å². The van der Waals surface area contributed by atoms with E-state index in [-0.39, 0.29) is 5.91 Å². The standard InChI is InChI=1S/C20H25N5O2/c1-13-12-27-10-9-25(13)20-17-7-8-21-11-18(17)23-19(24-20)15-3-5-16(6-4-15)22-14(2)26/h3-6,13,21H,7-12H2,1-2H3,(H,22,26). The number of fused-ring (bicyclic) bond motifs is 1. The molecule has 4 rings (SSSR count). The van der Waals surface area contributed by atoms with Crippen LogP contribution >= 0.6 is 0 Å². The van der Waals surface area contributed by atoms with E-state index in [1.165, 1.54) is 12.5 Å². The van der Waals surface area contributed by atoms with Crippen LogP contribution in [-0.2, 0) is 22.5 Å². The van der Waals surface area contributed by atoms with Gasteiger partial charge >= 0.3 is 0 Å². The molecular weight excluding hydrogens is 342 g/mol. The molecular formula is C20H25N5O2. The predicted molar refractivity (Wildman–Crippen MR) is 105 cm³/mol. The zero-order valence-electron chi connectivity index (χ0n) is 15.8. The van der Waals surface area contributed by atoms with Gasteiger partial charge in [0.2, 0.25) is 5.91 Å². The summed E-state index contributed by atoms with van der Waals surface area (Å²) >= 11 is 0. The summed E-state index contributed by atoms with van der Waals surface area (Å²) in [7, 11) is 0. The second-order valence-corrected chi connectivity index (χ2v) is 7.10. The van der Waals surface area contributed by atoms with E-state index in [1.54, 1.807) is 0 Å². The number of nitrogens with zero attached hydrogens (tertiary/aromatic N) is 3. The summed E-state index contributed by atoms with van der Waals surface area (Å²) in [5.74, 6) is 1.68. The number of ether oxygens (including phenoxy) is 1. The van der Waals surface area contributed by atoms with Crippen LogP contribution in [0, 0.1) is 0 Å². The van der Waals surface area contributed by atoms with Crippen molar-refractivity contribution in [3.8, 4) is 11.4 Å². The van der Waals surface area contributed by atoms with Gasteiger partial charge in [0.15, 0.2) is 5.82 Å². The Kier molecular flexibility index (Phi) is 5.05. The summed E-state index contributed by atoms with van der Waals surface area (Å²) in [5, 5.41) is 6.20. The second-order valence-electron chi connectivity index (χ2n) is 7.10. The molecule has 1 atom stereocenters. The predicted octanol–water partition coefficient (Wildman–Crippen LogP) is 1.97. The molecule has 7 nitrogen and oxygen atoms in total. The number of carbonyl (C=O) groups excluding carboxylic acids is 1. The van der Waals surface area contributed by atoms with Gasteiger partial charge in [-0.05, 0) is 44.2 Å². The van der Waals surface area contributed by atoms with Crippen LogP contribution in [-0.4, -0.2) is 48.2 Å². The van der Waals surface area contributed by atoms with Gasteiger partial charge in [0, 0.05) is 36.8 Å². The number of amides is 1. The van der Waals surface area contributed by atoms with Crippen molar-refractivity contribution in [2.45, 2.75) is 32.9 Å². The lowest BCUT2D eigenvalue weighted by Gasteiger charge is -2.36. The molecule has 0 aliphatic carbocycles. The molecule has 2 aromatic rings.